The van der Waals surface area contributed by atoms with E-state index in [1.54, 1.807) is 18.2 Å². The number of para-hydroxylation sites is 1. The lowest BCUT2D eigenvalue weighted by molar-refractivity contribution is -0.213. The van der Waals surface area contributed by atoms with E-state index in [9.17, 15) is 4.79 Å². The van der Waals surface area contributed by atoms with Crippen molar-refractivity contribution in [3.05, 3.63) is 58.0 Å². The largest absolute Gasteiger partial charge is 0.494 e. The maximum absolute atomic E-state index is 11.6. The molecule has 116 valence electrons. The van der Waals surface area contributed by atoms with Crippen molar-refractivity contribution in [1.82, 2.24) is 0 Å². The summed E-state index contributed by atoms with van der Waals surface area (Å²) in [5.41, 5.74) is 0. The van der Waals surface area contributed by atoms with Gasteiger partial charge in [0.05, 0.1) is 18.1 Å². The highest BCUT2D eigenvalue weighted by molar-refractivity contribution is 9.10. The zero-order valence-electron chi connectivity index (χ0n) is 11.6. The second kappa shape index (κ2) is 8.66. The molecule has 2 rings (SSSR count). The zero-order chi connectivity index (χ0) is 15.8. The van der Waals surface area contributed by atoms with E-state index in [1.165, 1.54) is 0 Å². The van der Waals surface area contributed by atoms with Crippen LogP contribution in [0.2, 0.25) is 5.02 Å². The molecule has 4 nitrogen and oxygen atoms in total. The number of halogens is 2. The van der Waals surface area contributed by atoms with Crippen LogP contribution in [0.4, 0.5) is 0 Å². The Kier molecular flexibility index (Phi) is 6.55. The molecule has 0 heterocycles. The fourth-order valence-corrected chi connectivity index (χ4v) is 2.30. The van der Waals surface area contributed by atoms with Gasteiger partial charge in [-0.05, 0) is 36.8 Å². The van der Waals surface area contributed by atoms with E-state index < -0.39 is 5.97 Å². The molecule has 0 bridgehead atoms. The molecule has 6 heteroatoms. The van der Waals surface area contributed by atoms with Crippen LogP contribution in [0.1, 0.15) is 12.8 Å². The molecule has 0 fully saturated rings. The predicted molar refractivity (Wildman–Crippen MR) is 87.0 cm³/mol. The van der Waals surface area contributed by atoms with Gasteiger partial charge >= 0.3 is 5.97 Å². The second-order valence-corrected chi connectivity index (χ2v) is 5.70. The molecule has 0 amide bonds. The molecule has 22 heavy (non-hydrogen) atoms. The van der Waals surface area contributed by atoms with Crippen molar-refractivity contribution in [2.24, 2.45) is 0 Å². The quantitative estimate of drug-likeness (QED) is 0.390. The molecule has 2 aromatic carbocycles. The maximum Gasteiger partial charge on any atom is 0.355 e. The molecular weight excluding hydrogens is 372 g/mol. The van der Waals surface area contributed by atoms with Gasteiger partial charge in [-0.3, -0.25) is 9.78 Å². The van der Waals surface area contributed by atoms with E-state index in [2.05, 4.69) is 15.9 Å². The van der Waals surface area contributed by atoms with Crippen LogP contribution >= 0.6 is 27.5 Å². The summed E-state index contributed by atoms with van der Waals surface area (Å²) in [4.78, 5) is 21.2. The average Bonchev–Trinajstić information content (AvgIpc) is 2.52. The topological polar surface area (TPSA) is 44.8 Å². The standard InChI is InChI=1S/C16H14BrClO4/c17-12-8-9-15(14(18)11-12)21-22-16(19)7-4-10-20-13-5-2-1-3-6-13/h1-3,5-6,8-9,11H,4,7,10H2. The van der Waals surface area contributed by atoms with Gasteiger partial charge in [0.1, 0.15) is 5.75 Å². The number of carbonyl (C=O) groups is 1. The van der Waals surface area contributed by atoms with Gasteiger partial charge in [0.25, 0.3) is 0 Å². The Morgan fingerprint density at radius 1 is 1.14 bits per heavy atom. The predicted octanol–water partition coefficient (Wildman–Crippen LogP) is 4.80. The molecule has 0 aliphatic carbocycles. The minimum atomic E-state index is -0.476. The molecule has 0 spiro atoms. The van der Waals surface area contributed by atoms with Gasteiger partial charge in [-0.1, -0.05) is 45.7 Å². The summed E-state index contributed by atoms with van der Waals surface area (Å²) < 4.78 is 6.29. The van der Waals surface area contributed by atoms with E-state index in [4.69, 9.17) is 26.1 Å². The first-order chi connectivity index (χ1) is 10.6. The van der Waals surface area contributed by atoms with Crippen molar-refractivity contribution in [3.8, 4) is 11.5 Å². The summed E-state index contributed by atoms with van der Waals surface area (Å²) in [7, 11) is 0. The molecule has 0 saturated carbocycles. The van der Waals surface area contributed by atoms with E-state index in [0.717, 1.165) is 10.2 Å². The third-order valence-corrected chi connectivity index (χ3v) is 3.44. The highest BCUT2D eigenvalue weighted by atomic mass is 79.9. The molecule has 2 aromatic rings. The lowest BCUT2D eigenvalue weighted by atomic mass is 10.3. The van der Waals surface area contributed by atoms with Crippen molar-refractivity contribution in [3.63, 3.8) is 0 Å². The molecular formula is C16H14BrClO4. The molecule has 0 aliphatic heterocycles. The van der Waals surface area contributed by atoms with Crippen LogP contribution in [-0.4, -0.2) is 12.6 Å². The van der Waals surface area contributed by atoms with Crippen LogP contribution < -0.4 is 9.62 Å². The minimum Gasteiger partial charge on any atom is -0.494 e. The van der Waals surface area contributed by atoms with E-state index in [-0.39, 0.29) is 6.42 Å². The Bertz CT molecular complexity index is 619. The normalized spacial score (nSPS) is 10.1. The monoisotopic (exact) mass is 384 g/mol. The highest BCUT2D eigenvalue weighted by Crippen LogP contribution is 2.27. The van der Waals surface area contributed by atoms with Gasteiger partial charge in [0.2, 0.25) is 0 Å². The van der Waals surface area contributed by atoms with Crippen LogP contribution in [-0.2, 0) is 9.68 Å². The van der Waals surface area contributed by atoms with Gasteiger partial charge in [-0.25, -0.2) is 4.79 Å². The van der Waals surface area contributed by atoms with Crippen LogP contribution in [0.5, 0.6) is 11.5 Å². The molecule has 0 aromatic heterocycles. The molecule has 0 aliphatic rings. The summed E-state index contributed by atoms with van der Waals surface area (Å²) in [5.74, 6) is 0.586. The minimum absolute atomic E-state index is 0.195. The third-order valence-electron chi connectivity index (χ3n) is 2.66. The summed E-state index contributed by atoms with van der Waals surface area (Å²) in [6.07, 6.45) is 0.728. The SMILES string of the molecule is O=C(CCCOc1ccccc1)OOc1ccc(Br)cc1Cl. The van der Waals surface area contributed by atoms with Gasteiger partial charge in [0.15, 0.2) is 5.75 Å². The van der Waals surface area contributed by atoms with E-state index in [0.29, 0.717) is 23.8 Å². The van der Waals surface area contributed by atoms with Crippen LogP contribution in [0.15, 0.2) is 53.0 Å². The first-order valence-electron chi connectivity index (χ1n) is 6.65. The Labute approximate surface area is 142 Å². The lowest BCUT2D eigenvalue weighted by Crippen LogP contribution is -2.10. The first-order valence-corrected chi connectivity index (χ1v) is 7.82. The molecule has 0 radical (unpaired) electrons. The summed E-state index contributed by atoms with van der Waals surface area (Å²) >= 11 is 9.22. The lowest BCUT2D eigenvalue weighted by Gasteiger charge is -2.07. The van der Waals surface area contributed by atoms with Gasteiger partial charge in [0, 0.05) is 4.47 Å². The van der Waals surface area contributed by atoms with Crippen LogP contribution in [0.3, 0.4) is 0 Å². The van der Waals surface area contributed by atoms with Gasteiger partial charge in [-0.2, -0.15) is 0 Å². The Morgan fingerprint density at radius 3 is 2.64 bits per heavy atom. The van der Waals surface area contributed by atoms with Gasteiger partial charge in [-0.15, -0.1) is 0 Å². The Hall–Kier alpha value is -1.72. The highest BCUT2D eigenvalue weighted by Gasteiger charge is 2.08. The number of hydrogen-bond acceptors (Lipinski definition) is 4. The summed E-state index contributed by atoms with van der Waals surface area (Å²) in [5, 5.41) is 0.356. The third kappa shape index (κ3) is 5.58. The van der Waals surface area contributed by atoms with Crippen LogP contribution in [0, 0.1) is 0 Å². The molecule has 0 N–H and O–H groups in total. The van der Waals surface area contributed by atoms with Crippen molar-refractivity contribution < 1.29 is 19.3 Å². The van der Waals surface area contributed by atoms with Gasteiger partial charge < -0.3 is 4.74 Å². The number of ether oxygens (including phenoxy) is 1. The van der Waals surface area contributed by atoms with Crippen molar-refractivity contribution >= 4 is 33.5 Å². The fraction of sp³-hybridized carbons (Fsp3) is 0.188. The second-order valence-electron chi connectivity index (χ2n) is 4.38. The maximum atomic E-state index is 11.6. The first kappa shape index (κ1) is 16.6. The summed E-state index contributed by atoms with van der Waals surface area (Å²) in [6, 6.07) is 14.4. The van der Waals surface area contributed by atoms with Crippen molar-refractivity contribution in [2.45, 2.75) is 12.8 Å². The number of rotatable bonds is 7. The summed E-state index contributed by atoms with van der Waals surface area (Å²) in [6.45, 7) is 0.429. The molecule has 0 saturated heterocycles. The van der Waals surface area contributed by atoms with Crippen molar-refractivity contribution in [2.75, 3.05) is 6.61 Å². The van der Waals surface area contributed by atoms with E-state index in [1.807, 2.05) is 30.3 Å². The molecule has 0 unspecified atom stereocenters. The van der Waals surface area contributed by atoms with E-state index >= 15 is 0 Å². The Morgan fingerprint density at radius 2 is 1.91 bits per heavy atom. The Balaban J connectivity index is 1.65. The van der Waals surface area contributed by atoms with Crippen LogP contribution in [0.25, 0.3) is 0 Å². The zero-order valence-corrected chi connectivity index (χ0v) is 14.0. The number of hydrogen-bond donors (Lipinski definition) is 0. The average molecular weight is 386 g/mol. The fourth-order valence-electron chi connectivity index (χ4n) is 1.60. The molecule has 0 atom stereocenters. The van der Waals surface area contributed by atoms with Crippen molar-refractivity contribution in [1.29, 1.82) is 0 Å². The number of benzene rings is 2. The number of carbonyl (C=O) groups excluding carboxylic acids is 1. The smallest absolute Gasteiger partial charge is 0.355 e.